The molecule has 4 atom stereocenters. The summed E-state index contributed by atoms with van der Waals surface area (Å²) in [5, 5.41) is 16.2. The van der Waals surface area contributed by atoms with E-state index < -0.39 is 23.9 Å². The van der Waals surface area contributed by atoms with Crippen molar-refractivity contribution < 1.29 is 14.7 Å². The van der Waals surface area contributed by atoms with Gasteiger partial charge >= 0.3 is 0 Å². The van der Waals surface area contributed by atoms with Crippen molar-refractivity contribution in [3.05, 3.63) is 89.7 Å². The molecule has 3 aromatic rings. The van der Waals surface area contributed by atoms with Crippen LogP contribution in [0, 0.1) is 0 Å². The zero-order valence-electron chi connectivity index (χ0n) is 23.0. The standard InChI is InChI=1S/C32H36N4O3/c1-6-31(4,5)27-21(20-11-7-9-13-23(20)33-27)17-24-29(38)36-26(28(37)34-24)18-32(39)22-12-8-10-14-25(22)35(30(32)36)16-15-19(2)3/h6-15,24,26,30,33,39H,1,16-18H2,2-5H3,(H,34,37). The average molecular weight is 525 g/mol. The normalized spacial score (nSPS) is 25.8. The van der Waals surface area contributed by atoms with E-state index in [4.69, 9.17) is 0 Å². The monoisotopic (exact) mass is 524 g/mol. The highest BCUT2D eigenvalue weighted by atomic mass is 16.3. The van der Waals surface area contributed by atoms with Gasteiger partial charge in [0.2, 0.25) is 11.8 Å². The van der Waals surface area contributed by atoms with Crippen molar-refractivity contribution in [2.24, 2.45) is 0 Å². The largest absolute Gasteiger partial charge is 0.381 e. The van der Waals surface area contributed by atoms with E-state index in [1.165, 1.54) is 0 Å². The molecule has 202 valence electrons. The Kier molecular flexibility index (Phi) is 5.77. The van der Waals surface area contributed by atoms with Gasteiger partial charge < -0.3 is 25.2 Å². The smallest absolute Gasteiger partial charge is 0.247 e. The number of H-pyrrole nitrogens is 1. The lowest BCUT2D eigenvalue weighted by atomic mass is 9.84. The number of hydrogen-bond donors (Lipinski definition) is 3. The summed E-state index contributed by atoms with van der Waals surface area (Å²) in [4.78, 5) is 35.1. The van der Waals surface area contributed by atoms with Crippen LogP contribution < -0.4 is 10.2 Å². The zero-order valence-corrected chi connectivity index (χ0v) is 23.0. The highest BCUT2D eigenvalue weighted by Gasteiger charge is 2.64. The van der Waals surface area contributed by atoms with E-state index in [0.29, 0.717) is 13.0 Å². The Labute approximate surface area is 229 Å². The summed E-state index contributed by atoms with van der Waals surface area (Å²) in [5.41, 5.74) is 4.11. The van der Waals surface area contributed by atoms with Gasteiger partial charge in [-0.25, -0.2) is 0 Å². The van der Waals surface area contributed by atoms with Crippen molar-refractivity contribution in [2.45, 2.75) is 69.8 Å². The molecule has 2 fully saturated rings. The summed E-state index contributed by atoms with van der Waals surface area (Å²) in [7, 11) is 0. The minimum atomic E-state index is -1.32. The van der Waals surface area contributed by atoms with Crippen LogP contribution in [0.5, 0.6) is 0 Å². The van der Waals surface area contributed by atoms with Crippen LogP contribution in [-0.2, 0) is 27.0 Å². The van der Waals surface area contributed by atoms with Gasteiger partial charge in [-0.3, -0.25) is 9.59 Å². The Morgan fingerprint density at radius 2 is 1.87 bits per heavy atom. The molecule has 0 bridgehead atoms. The van der Waals surface area contributed by atoms with Gasteiger partial charge in [0.05, 0.1) is 0 Å². The second-order valence-electron chi connectivity index (χ2n) is 11.9. The fourth-order valence-corrected chi connectivity index (χ4v) is 6.67. The molecule has 0 aliphatic carbocycles. The molecule has 39 heavy (non-hydrogen) atoms. The number of allylic oxidation sites excluding steroid dienone is 2. The van der Waals surface area contributed by atoms with E-state index >= 15 is 0 Å². The average Bonchev–Trinajstić information content (AvgIpc) is 3.52. The molecule has 3 N–H and O–H groups in total. The van der Waals surface area contributed by atoms with Crippen LogP contribution in [0.2, 0.25) is 0 Å². The summed E-state index contributed by atoms with van der Waals surface area (Å²) in [5.74, 6) is -0.380. The maximum Gasteiger partial charge on any atom is 0.247 e. The molecule has 7 heteroatoms. The molecule has 2 saturated heterocycles. The molecular formula is C32H36N4O3. The SMILES string of the molecule is C=CC(C)(C)c1[nH]c2ccccc2c1CC1NC(=O)C2CC3(O)c4ccccc4N(CC=C(C)C)C3N2C1=O. The van der Waals surface area contributed by atoms with Crippen LogP contribution in [0.3, 0.4) is 0 Å². The van der Waals surface area contributed by atoms with Gasteiger partial charge in [0.25, 0.3) is 0 Å². The van der Waals surface area contributed by atoms with Crippen molar-refractivity contribution in [1.29, 1.82) is 0 Å². The Morgan fingerprint density at radius 3 is 2.62 bits per heavy atom. The van der Waals surface area contributed by atoms with Crippen molar-refractivity contribution in [3.8, 4) is 0 Å². The number of rotatable bonds is 6. The lowest BCUT2D eigenvalue weighted by Crippen LogP contribution is -2.66. The fourth-order valence-electron chi connectivity index (χ4n) is 6.67. The second-order valence-corrected chi connectivity index (χ2v) is 11.9. The first-order valence-electron chi connectivity index (χ1n) is 13.6. The Bertz CT molecular complexity index is 1530. The lowest BCUT2D eigenvalue weighted by Gasteiger charge is -2.41. The first-order valence-corrected chi connectivity index (χ1v) is 13.6. The maximum absolute atomic E-state index is 14.3. The molecule has 3 aliphatic rings. The quantitative estimate of drug-likeness (QED) is 0.420. The number of hydrogen-bond acceptors (Lipinski definition) is 4. The molecular weight excluding hydrogens is 488 g/mol. The predicted octanol–water partition coefficient (Wildman–Crippen LogP) is 4.27. The Morgan fingerprint density at radius 1 is 1.15 bits per heavy atom. The third-order valence-electron chi connectivity index (χ3n) is 8.75. The Hall–Kier alpha value is -3.84. The molecule has 2 amide bonds. The number of aromatic nitrogens is 1. The van der Waals surface area contributed by atoms with Crippen LogP contribution in [-0.4, -0.2) is 51.6 Å². The van der Waals surface area contributed by atoms with Gasteiger partial charge in [-0.1, -0.05) is 68.0 Å². The molecule has 4 unspecified atom stereocenters. The topological polar surface area (TPSA) is 88.7 Å². The fraction of sp³-hybridized carbons (Fsp3) is 0.375. The van der Waals surface area contributed by atoms with Gasteiger partial charge in [-0.15, -0.1) is 6.58 Å². The molecule has 7 nitrogen and oxygen atoms in total. The number of nitrogens with one attached hydrogen (secondary N) is 2. The van der Waals surface area contributed by atoms with Gasteiger partial charge in [0.15, 0.2) is 0 Å². The lowest BCUT2D eigenvalue weighted by molar-refractivity contribution is -0.149. The van der Waals surface area contributed by atoms with Crippen LogP contribution in [0.25, 0.3) is 10.9 Å². The van der Waals surface area contributed by atoms with Gasteiger partial charge in [0.1, 0.15) is 23.9 Å². The van der Waals surface area contributed by atoms with E-state index in [1.807, 2.05) is 68.5 Å². The van der Waals surface area contributed by atoms with E-state index in [9.17, 15) is 14.7 Å². The van der Waals surface area contributed by atoms with E-state index in [0.717, 1.165) is 39.0 Å². The number of anilines is 1. The summed E-state index contributed by atoms with van der Waals surface area (Å²) in [6.45, 7) is 12.8. The molecule has 3 aliphatic heterocycles. The van der Waals surface area contributed by atoms with Crippen molar-refractivity contribution in [2.75, 3.05) is 11.4 Å². The van der Waals surface area contributed by atoms with Gasteiger partial charge in [0, 0.05) is 52.6 Å². The number of para-hydroxylation sites is 2. The van der Waals surface area contributed by atoms with Crippen LogP contribution in [0.4, 0.5) is 5.69 Å². The zero-order chi connectivity index (χ0) is 27.7. The minimum Gasteiger partial charge on any atom is -0.381 e. The van der Waals surface area contributed by atoms with Crippen molar-refractivity contribution >= 4 is 28.4 Å². The van der Waals surface area contributed by atoms with Gasteiger partial charge in [-0.05, 0) is 31.5 Å². The highest BCUT2D eigenvalue weighted by Crippen LogP contribution is 2.53. The van der Waals surface area contributed by atoms with E-state index in [2.05, 4.69) is 41.7 Å². The van der Waals surface area contributed by atoms with Crippen molar-refractivity contribution in [3.63, 3.8) is 0 Å². The van der Waals surface area contributed by atoms with Crippen molar-refractivity contribution in [1.82, 2.24) is 15.2 Å². The molecule has 2 aromatic carbocycles. The number of carbonyl (C=O) groups excluding carboxylic acids is 2. The molecule has 4 heterocycles. The molecule has 0 saturated carbocycles. The number of aromatic amines is 1. The number of nitrogens with zero attached hydrogens (tertiary/aromatic N) is 2. The number of piperazine rings is 1. The first-order chi connectivity index (χ1) is 18.6. The van der Waals surface area contributed by atoms with Crippen LogP contribution in [0.15, 0.2) is 72.8 Å². The number of fused-ring (bicyclic) bond motifs is 6. The Balaban J connectivity index is 1.41. The first kappa shape index (κ1) is 25.4. The number of amides is 2. The number of benzene rings is 2. The predicted molar refractivity (Wildman–Crippen MR) is 153 cm³/mol. The minimum absolute atomic E-state index is 0.164. The number of aliphatic hydroxyl groups is 1. The molecule has 1 aromatic heterocycles. The van der Waals surface area contributed by atoms with E-state index in [1.54, 1.807) is 4.90 Å². The third-order valence-corrected chi connectivity index (χ3v) is 8.75. The summed E-state index contributed by atoms with van der Waals surface area (Å²) < 4.78 is 0. The van der Waals surface area contributed by atoms with Gasteiger partial charge in [-0.2, -0.15) is 0 Å². The third kappa shape index (κ3) is 3.74. The summed E-state index contributed by atoms with van der Waals surface area (Å²) in [6.07, 6.45) is 3.86. The molecule has 6 rings (SSSR count). The maximum atomic E-state index is 14.3. The van der Waals surface area contributed by atoms with E-state index in [-0.39, 0.29) is 23.7 Å². The summed E-state index contributed by atoms with van der Waals surface area (Å²) >= 11 is 0. The number of carbonyl (C=O) groups is 2. The van der Waals surface area contributed by atoms with Crippen LogP contribution >= 0.6 is 0 Å². The highest BCUT2D eigenvalue weighted by molar-refractivity contribution is 5.99. The molecule has 0 spiro atoms. The summed E-state index contributed by atoms with van der Waals surface area (Å²) in [6, 6.07) is 14.3. The second kappa shape index (κ2) is 8.85. The van der Waals surface area contributed by atoms with Crippen LogP contribution in [0.1, 0.15) is 50.9 Å². The molecule has 0 radical (unpaired) electrons.